The molecule has 0 N–H and O–H groups in total. The van der Waals surface area contributed by atoms with Crippen LogP contribution in [0.2, 0.25) is 0 Å². The summed E-state index contributed by atoms with van der Waals surface area (Å²) >= 11 is -1.61. The number of benzene rings is 3. The van der Waals surface area contributed by atoms with Gasteiger partial charge in [-0.1, -0.05) is 89.5 Å². The topological polar surface area (TPSA) is 6.48 Å². The molecule has 51 heavy (non-hydrogen) atoms. The fourth-order valence-corrected chi connectivity index (χ4v) is 15.6. The third kappa shape index (κ3) is 12.1. The molecule has 4 fully saturated rings. The van der Waals surface area contributed by atoms with Crippen molar-refractivity contribution in [3.8, 4) is 0 Å². The second kappa shape index (κ2) is 20.9. The van der Waals surface area contributed by atoms with Crippen LogP contribution >= 0.6 is 27.3 Å². The number of anilines is 2. The van der Waals surface area contributed by atoms with Crippen LogP contribution in [0.1, 0.15) is 119 Å². The van der Waals surface area contributed by atoms with E-state index in [4.69, 9.17) is 19.4 Å². The van der Waals surface area contributed by atoms with Gasteiger partial charge in [0.1, 0.15) is 17.3 Å². The Morgan fingerprint density at radius 3 is 1.47 bits per heavy atom. The number of hydrogen-bond donors (Lipinski definition) is 0. The first-order valence-electron chi connectivity index (χ1n) is 19.4. The van der Waals surface area contributed by atoms with Crippen molar-refractivity contribution in [3.63, 3.8) is 0 Å². The average molecular weight is 845 g/mol. The summed E-state index contributed by atoms with van der Waals surface area (Å²) in [7, 11) is 11.7. The molecule has 0 bridgehead atoms. The number of rotatable bonds is 6. The molecule has 2 nitrogen and oxygen atoms in total. The van der Waals surface area contributed by atoms with Crippen LogP contribution in [0.5, 0.6) is 0 Å². The summed E-state index contributed by atoms with van der Waals surface area (Å²) in [6, 6.07) is 18.2. The average Bonchev–Trinajstić information content (AvgIpc) is 3.59. The van der Waals surface area contributed by atoms with Gasteiger partial charge in [-0.05, 0) is 99.5 Å². The molecule has 1 saturated heterocycles. The molecule has 0 atom stereocenters. The van der Waals surface area contributed by atoms with Crippen molar-refractivity contribution in [2.45, 2.75) is 134 Å². The van der Waals surface area contributed by atoms with Gasteiger partial charge in [0, 0.05) is 18.8 Å². The normalized spacial score (nSPS) is 19.3. The fraction of sp³-hybridized carbons (Fsp3) is 0.558. The van der Waals surface area contributed by atoms with Gasteiger partial charge in [-0.2, -0.15) is 0 Å². The maximum absolute atomic E-state index is 13.9. The van der Waals surface area contributed by atoms with Gasteiger partial charge in [0.2, 0.25) is 0 Å². The van der Waals surface area contributed by atoms with Crippen molar-refractivity contribution < 1.29 is 22.3 Å². The molecule has 1 aliphatic heterocycles. The van der Waals surface area contributed by atoms with Crippen LogP contribution in [0.3, 0.4) is 0 Å². The molecule has 4 aliphatic rings. The van der Waals surface area contributed by atoms with Crippen molar-refractivity contribution in [2.24, 2.45) is 0 Å². The summed E-state index contributed by atoms with van der Waals surface area (Å²) in [4.78, 5) is 3.96. The van der Waals surface area contributed by atoms with Gasteiger partial charge in [0.05, 0.1) is 6.67 Å². The zero-order chi connectivity index (χ0) is 36.2. The fourth-order valence-electron chi connectivity index (χ4n) is 9.06. The Labute approximate surface area is 321 Å². The summed E-state index contributed by atoms with van der Waals surface area (Å²) in [5.41, 5.74) is 9.57. The summed E-state index contributed by atoms with van der Waals surface area (Å²) in [6.45, 7) is 8.13. The van der Waals surface area contributed by atoms with Crippen LogP contribution in [0.15, 0.2) is 60.7 Å². The van der Waals surface area contributed by atoms with Crippen LogP contribution < -0.4 is 9.80 Å². The zero-order valence-electron chi connectivity index (χ0n) is 31.0. The summed E-state index contributed by atoms with van der Waals surface area (Å²) < 4.78 is 29.8. The van der Waals surface area contributed by atoms with E-state index in [-0.39, 0.29) is 5.69 Å². The van der Waals surface area contributed by atoms with Crippen LogP contribution in [0, 0.1) is 32.4 Å². The molecule has 8 heteroatoms. The summed E-state index contributed by atoms with van der Waals surface area (Å²) in [5.74, 6) is -1.00. The Hall–Kier alpha value is -1.38. The molecule has 0 radical (unpaired) electrons. The predicted octanol–water partition coefficient (Wildman–Crippen LogP) is 13.4. The Bertz CT molecular complexity index is 1450. The van der Waals surface area contributed by atoms with Crippen molar-refractivity contribution in [2.75, 3.05) is 29.6 Å². The van der Waals surface area contributed by atoms with Crippen LogP contribution in [-0.2, 0) is 13.5 Å². The number of halogens is 4. The first-order valence-corrected chi connectivity index (χ1v) is 26.4. The summed E-state index contributed by atoms with van der Waals surface area (Å²) in [5, 5.41) is 0. The molecular weight excluding hydrogens is 785 g/mol. The van der Waals surface area contributed by atoms with Gasteiger partial charge < -0.3 is 9.80 Å². The molecule has 0 unspecified atom stereocenters. The monoisotopic (exact) mass is 844 g/mol. The second-order valence-electron chi connectivity index (χ2n) is 15.0. The number of para-hydroxylation sites is 1. The predicted molar refractivity (Wildman–Crippen MR) is 217 cm³/mol. The minimum atomic E-state index is -1.61. The Morgan fingerprint density at radius 1 is 0.608 bits per heavy atom. The first kappa shape index (κ1) is 40.8. The van der Waals surface area contributed by atoms with E-state index in [9.17, 15) is 8.78 Å². The number of aryl methyl sites for hydroxylation is 3. The molecule has 282 valence electrons. The third-order valence-corrected chi connectivity index (χ3v) is 17.1. The minimum absolute atomic E-state index is 0.0763. The third-order valence-electron chi connectivity index (χ3n) is 11.2. The molecule has 7 rings (SSSR count). The quantitative estimate of drug-likeness (QED) is 0.180. The SMILES string of the molecule is C1CCC(P(C2CCCCC2)C2CCCCC2)CC1.Cc1cc(C)c(N2CCN(c3c(F)cccc3F)C2)c(C)c1.[Cl][Ru]([Cl])=[CH]c1ccccc1. The Morgan fingerprint density at radius 2 is 1.04 bits per heavy atom. The van der Waals surface area contributed by atoms with Crippen molar-refractivity contribution in [1.82, 2.24) is 0 Å². The van der Waals surface area contributed by atoms with E-state index in [1.165, 1.54) is 76.8 Å². The zero-order valence-corrected chi connectivity index (χ0v) is 35.2. The van der Waals surface area contributed by atoms with Crippen LogP contribution in [0.25, 0.3) is 0 Å². The van der Waals surface area contributed by atoms with E-state index in [2.05, 4.69) is 37.8 Å². The van der Waals surface area contributed by atoms with Gasteiger partial charge in [0.15, 0.2) is 0 Å². The van der Waals surface area contributed by atoms with E-state index >= 15 is 0 Å². The van der Waals surface area contributed by atoms with Crippen LogP contribution in [-0.4, -0.2) is 41.3 Å². The van der Waals surface area contributed by atoms with E-state index in [1.54, 1.807) is 81.9 Å². The first-order chi connectivity index (χ1) is 24.7. The number of nitrogens with zero attached hydrogens (tertiary/aromatic N) is 2. The number of hydrogen-bond acceptors (Lipinski definition) is 2. The van der Waals surface area contributed by atoms with E-state index < -0.39 is 25.2 Å². The molecule has 3 aliphatic carbocycles. The van der Waals surface area contributed by atoms with E-state index in [1.807, 2.05) is 34.9 Å². The standard InChI is InChI=1S/C18H20F2N2.C18H33P.C7H6.2ClH.Ru/c1-12-9-13(2)17(14(3)10-12)21-7-8-22(11-21)18-15(19)5-4-6-16(18)20;1-4-10-16(11-5-1)19(17-12-6-2-7-13-17)18-14-8-3-9-15-18;1-7-5-3-2-4-6-7;;;/h4-6,9-10H,7-8,11H2,1-3H3;16-18H,1-15H2;1-6H;2*1H;/q;;;;;+2/p-2. The molecular formula is C43H59Cl2F2N2PRu. The summed E-state index contributed by atoms with van der Waals surface area (Å²) in [6.07, 6.45) is 23.6. The maximum atomic E-state index is 13.9. The molecule has 0 aromatic heterocycles. The van der Waals surface area contributed by atoms with Crippen LogP contribution in [0.4, 0.5) is 20.2 Å². The molecule has 0 spiro atoms. The van der Waals surface area contributed by atoms with E-state index in [0.29, 0.717) is 21.1 Å². The second-order valence-corrected chi connectivity index (χ2v) is 23.8. The van der Waals surface area contributed by atoms with Gasteiger partial charge in [-0.25, -0.2) is 8.78 Å². The van der Waals surface area contributed by atoms with Gasteiger partial charge in [-0.15, -0.1) is 0 Å². The van der Waals surface area contributed by atoms with Crippen molar-refractivity contribution >= 4 is 43.3 Å². The van der Waals surface area contributed by atoms with Crippen molar-refractivity contribution in [3.05, 3.63) is 94.6 Å². The molecule has 3 aromatic carbocycles. The Balaban J connectivity index is 0.000000158. The van der Waals surface area contributed by atoms with Gasteiger partial charge in [0.25, 0.3) is 0 Å². The molecule has 3 saturated carbocycles. The molecule has 3 aromatic rings. The van der Waals surface area contributed by atoms with Gasteiger partial charge in [-0.3, -0.25) is 0 Å². The molecule has 1 heterocycles. The van der Waals surface area contributed by atoms with E-state index in [0.717, 1.165) is 12.1 Å². The van der Waals surface area contributed by atoms with Crippen molar-refractivity contribution in [1.29, 1.82) is 0 Å². The Kier molecular flexibility index (Phi) is 16.7. The molecule has 0 amide bonds. The van der Waals surface area contributed by atoms with Gasteiger partial charge >= 0.3 is 73.4 Å².